The van der Waals surface area contributed by atoms with Crippen LogP contribution in [0.15, 0.2) is 58.4 Å². The highest BCUT2D eigenvalue weighted by molar-refractivity contribution is 5.81. The number of rotatable bonds is 5. The van der Waals surface area contributed by atoms with Crippen molar-refractivity contribution in [2.75, 3.05) is 0 Å². The number of hydrogen-bond acceptors (Lipinski definition) is 8. The first-order chi connectivity index (χ1) is 15.1. The number of nitrogens with zero attached hydrogens (tertiary/aromatic N) is 6. The fourth-order valence-corrected chi connectivity index (χ4v) is 2.76. The van der Waals surface area contributed by atoms with Crippen molar-refractivity contribution in [2.24, 2.45) is 16.7 Å². The lowest BCUT2D eigenvalue weighted by Gasteiger charge is -2.06. The first-order valence-corrected chi connectivity index (χ1v) is 8.86. The van der Waals surface area contributed by atoms with Crippen LogP contribution in [0, 0.1) is 11.6 Å². The van der Waals surface area contributed by atoms with Crippen LogP contribution in [0.2, 0.25) is 0 Å². The number of guanidine groups is 1. The largest absolute Gasteiger partial charge is 0.364 e. The van der Waals surface area contributed by atoms with Gasteiger partial charge in [-0.15, -0.1) is 0 Å². The number of halogens is 2. The predicted molar refractivity (Wildman–Crippen MR) is 106 cm³/mol. The van der Waals surface area contributed by atoms with Crippen LogP contribution in [-0.2, 0) is 6.54 Å². The van der Waals surface area contributed by atoms with Crippen molar-refractivity contribution in [3.05, 3.63) is 66.1 Å². The Morgan fingerprint density at radius 2 is 1.90 bits per heavy atom. The molecule has 13 heteroatoms. The number of aromatic nitrogens is 5. The van der Waals surface area contributed by atoms with Crippen molar-refractivity contribution in [3.63, 3.8) is 0 Å². The number of nitrogens with two attached hydrogens (primary N) is 2. The van der Waals surface area contributed by atoms with E-state index in [1.807, 2.05) is 0 Å². The van der Waals surface area contributed by atoms with Gasteiger partial charge in [-0.05, 0) is 12.1 Å². The molecule has 3 heterocycles. The Hall–Kier alpha value is -4.23. The fourth-order valence-electron chi connectivity index (χ4n) is 2.76. The molecule has 0 atom stereocenters. The summed E-state index contributed by atoms with van der Waals surface area (Å²) in [7, 11) is 0. The van der Waals surface area contributed by atoms with Crippen molar-refractivity contribution >= 4 is 11.8 Å². The van der Waals surface area contributed by atoms with Crippen LogP contribution in [0.4, 0.5) is 14.6 Å². The average molecular weight is 426 g/mol. The summed E-state index contributed by atoms with van der Waals surface area (Å²) in [6.45, 7) is 0.111. The summed E-state index contributed by atoms with van der Waals surface area (Å²) in [5, 5.41) is 8.37. The van der Waals surface area contributed by atoms with E-state index in [4.69, 9.17) is 16.2 Å². The van der Waals surface area contributed by atoms with Crippen molar-refractivity contribution in [2.45, 2.75) is 6.54 Å². The van der Waals surface area contributed by atoms with Crippen LogP contribution >= 0.6 is 0 Å². The van der Waals surface area contributed by atoms with Crippen LogP contribution < -0.4 is 22.5 Å². The molecule has 0 spiro atoms. The van der Waals surface area contributed by atoms with Gasteiger partial charge in [0.2, 0.25) is 5.96 Å². The zero-order chi connectivity index (χ0) is 21.8. The molecule has 0 bridgehead atoms. The first kappa shape index (κ1) is 20.1. The van der Waals surface area contributed by atoms with Gasteiger partial charge in [-0.25, -0.2) is 30.4 Å². The predicted octanol–water partition coefficient (Wildman–Crippen LogP) is 1.24. The second-order valence-corrected chi connectivity index (χ2v) is 6.16. The van der Waals surface area contributed by atoms with Crippen LogP contribution in [0.5, 0.6) is 0 Å². The van der Waals surface area contributed by atoms with Gasteiger partial charge in [-0.3, -0.25) is 15.5 Å². The van der Waals surface area contributed by atoms with E-state index in [0.29, 0.717) is 17.0 Å². The molecule has 0 aliphatic heterocycles. The highest BCUT2D eigenvalue weighted by Crippen LogP contribution is 2.26. The molecule has 4 aromatic rings. The van der Waals surface area contributed by atoms with Crippen molar-refractivity contribution in [3.8, 4) is 22.9 Å². The molecule has 158 valence electrons. The second-order valence-electron chi connectivity index (χ2n) is 6.16. The van der Waals surface area contributed by atoms with E-state index in [1.54, 1.807) is 30.3 Å². The summed E-state index contributed by atoms with van der Waals surface area (Å²) in [6, 6.07) is 9.58. The van der Waals surface area contributed by atoms with Gasteiger partial charge in [0.25, 0.3) is 0 Å². The lowest BCUT2D eigenvalue weighted by molar-refractivity contribution is 0.421. The molecular weight excluding hydrogens is 410 g/mol. The molecular formula is C18H16F2N10O. The summed E-state index contributed by atoms with van der Waals surface area (Å²) in [5.41, 5.74) is 6.03. The van der Waals surface area contributed by atoms with Gasteiger partial charge >= 0.3 is 0 Å². The summed E-state index contributed by atoms with van der Waals surface area (Å²) in [4.78, 5) is 11.9. The van der Waals surface area contributed by atoms with Gasteiger partial charge < -0.3 is 4.52 Å². The Morgan fingerprint density at radius 3 is 2.61 bits per heavy atom. The lowest BCUT2D eigenvalue weighted by Crippen LogP contribution is -2.44. The molecule has 4 rings (SSSR count). The maximum atomic E-state index is 14.2. The van der Waals surface area contributed by atoms with E-state index < -0.39 is 5.82 Å². The minimum Gasteiger partial charge on any atom is -0.364 e. The zero-order valence-corrected chi connectivity index (χ0v) is 15.8. The monoisotopic (exact) mass is 426 g/mol. The minimum absolute atomic E-state index is 0.0746. The minimum atomic E-state index is -0.797. The molecule has 0 saturated heterocycles. The Bertz CT molecular complexity index is 1220. The summed E-state index contributed by atoms with van der Waals surface area (Å²) in [5.74, 6) is 8.95. The highest BCUT2D eigenvalue weighted by atomic mass is 19.1. The molecule has 0 fully saturated rings. The van der Waals surface area contributed by atoms with Crippen LogP contribution in [0.1, 0.15) is 5.56 Å². The van der Waals surface area contributed by atoms with E-state index in [9.17, 15) is 8.78 Å². The SMILES string of the molecule is NNC(=Nc1nc(-c2cc(-c3ccon3)n(Cc3ccccc3F)n2)ncc1F)NN. The van der Waals surface area contributed by atoms with E-state index in [2.05, 4.69) is 36.1 Å². The molecule has 0 aliphatic rings. The van der Waals surface area contributed by atoms with Crippen molar-refractivity contribution in [1.29, 1.82) is 0 Å². The van der Waals surface area contributed by atoms with E-state index in [0.717, 1.165) is 6.20 Å². The van der Waals surface area contributed by atoms with Gasteiger partial charge in [-0.2, -0.15) is 10.1 Å². The zero-order valence-electron chi connectivity index (χ0n) is 15.8. The summed E-state index contributed by atoms with van der Waals surface area (Å²) < 4.78 is 34.7. The van der Waals surface area contributed by atoms with Crippen LogP contribution in [0.25, 0.3) is 22.9 Å². The Kier molecular flexibility index (Phi) is 5.59. The maximum absolute atomic E-state index is 14.2. The molecule has 0 amide bonds. The van der Waals surface area contributed by atoms with Gasteiger partial charge in [0, 0.05) is 11.6 Å². The number of hydrogen-bond donors (Lipinski definition) is 4. The molecule has 6 N–H and O–H groups in total. The third-order valence-corrected chi connectivity index (χ3v) is 4.20. The van der Waals surface area contributed by atoms with Crippen LogP contribution in [0.3, 0.4) is 0 Å². The van der Waals surface area contributed by atoms with Crippen molar-refractivity contribution in [1.82, 2.24) is 35.8 Å². The Labute approximate surface area is 173 Å². The molecule has 31 heavy (non-hydrogen) atoms. The number of hydrazine groups is 2. The topological polar surface area (TPSA) is 158 Å². The van der Waals surface area contributed by atoms with Gasteiger partial charge in [0.05, 0.1) is 18.4 Å². The fraction of sp³-hybridized carbons (Fsp3) is 0.0556. The number of benzene rings is 1. The molecule has 3 aromatic heterocycles. The lowest BCUT2D eigenvalue weighted by atomic mass is 10.2. The van der Waals surface area contributed by atoms with Gasteiger partial charge in [-0.1, -0.05) is 23.4 Å². The normalized spacial score (nSPS) is 10.7. The summed E-state index contributed by atoms with van der Waals surface area (Å²) in [6.07, 6.45) is 2.34. The Balaban J connectivity index is 1.78. The molecule has 0 radical (unpaired) electrons. The third kappa shape index (κ3) is 4.22. The van der Waals surface area contributed by atoms with Gasteiger partial charge in [0.15, 0.2) is 17.5 Å². The van der Waals surface area contributed by atoms with Gasteiger partial charge in [0.1, 0.15) is 23.5 Å². The smallest absolute Gasteiger partial charge is 0.227 e. The van der Waals surface area contributed by atoms with Crippen LogP contribution in [-0.4, -0.2) is 30.9 Å². The molecule has 0 aliphatic carbocycles. The molecule has 0 saturated carbocycles. The van der Waals surface area contributed by atoms with E-state index >= 15 is 0 Å². The first-order valence-electron chi connectivity index (χ1n) is 8.86. The average Bonchev–Trinajstić information content (AvgIpc) is 3.45. The van der Waals surface area contributed by atoms with E-state index in [-0.39, 0.29) is 35.7 Å². The molecule has 11 nitrogen and oxygen atoms in total. The number of nitrogens with one attached hydrogen (secondary N) is 2. The Morgan fingerprint density at radius 1 is 1.10 bits per heavy atom. The number of aliphatic imine (C=N–C) groups is 1. The van der Waals surface area contributed by atoms with E-state index in [1.165, 1.54) is 17.0 Å². The van der Waals surface area contributed by atoms with Crippen molar-refractivity contribution < 1.29 is 13.3 Å². The summed E-state index contributed by atoms with van der Waals surface area (Å²) >= 11 is 0. The molecule has 0 unspecified atom stereocenters. The second kappa shape index (κ2) is 8.64. The third-order valence-electron chi connectivity index (χ3n) is 4.20. The highest BCUT2D eigenvalue weighted by Gasteiger charge is 2.18. The molecule has 1 aromatic carbocycles. The standard InChI is InChI=1S/C18H16F2N10O/c19-11-4-2-1-3-10(11)9-30-15(13-5-6-31-29-13)7-14(28-30)17-23-8-12(20)16(24-17)25-18(26-21)27-22/h1-8H,9,21-22H2,(H2,23,24,25,26,27). The quantitative estimate of drug-likeness (QED) is 0.159. The maximum Gasteiger partial charge on any atom is 0.227 e.